The SMILES string of the molecule is COc1cc(C(=O)N2CC[C@H](N(Cc3ccc(F)cc3C(F)(F)F)c3ccc(C#N)c(Cl)c3)C2)ccc1F. The summed E-state index contributed by atoms with van der Waals surface area (Å²) >= 11 is 6.22. The molecule has 38 heavy (non-hydrogen) atoms. The number of carbonyl (C=O) groups excluding carboxylic acids is 1. The lowest BCUT2D eigenvalue weighted by molar-refractivity contribution is -0.138. The number of hydrogen-bond donors (Lipinski definition) is 0. The second kappa shape index (κ2) is 10.9. The van der Waals surface area contributed by atoms with E-state index in [4.69, 9.17) is 16.3 Å². The van der Waals surface area contributed by atoms with Gasteiger partial charge in [0, 0.05) is 36.9 Å². The number of nitriles is 1. The molecular weight excluding hydrogens is 529 g/mol. The molecule has 0 aromatic heterocycles. The Morgan fingerprint density at radius 1 is 1.16 bits per heavy atom. The molecule has 1 atom stereocenters. The molecule has 198 valence electrons. The first-order valence-electron chi connectivity index (χ1n) is 11.5. The molecule has 0 aliphatic carbocycles. The minimum absolute atomic E-state index is 0.0866. The van der Waals surface area contributed by atoms with Crippen LogP contribution < -0.4 is 9.64 Å². The van der Waals surface area contributed by atoms with E-state index >= 15 is 0 Å². The fraction of sp³-hybridized carbons (Fsp3) is 0.259. The second-order valence-electron chi connectivity index (χ2n) is 8.75. The Hall–Kier alpha value is -3.84. The molecule has 1 saturated heterocycles. The first kappa shape index (κ1) is 27.2. The van der Waals surface area contributed by atoms with Crippen LogP contribution in [0.5, 0.6) is 5.75 Å². The fourth-order valence-corrected chi connectivity index (χ4v) is 4.71. The van der Waals surface area contributed by atoms with E-state index in [9.17, 15) is 32.0 Å². The lowest BCUT2D eigenvalue weighted by atomic mass is 10.0. The largest absolute Gasteiger partial charge is 0.494 e. The number of rotatable bonds is 6. The Morgan fingerprint density at radius 2 is 1.92 bits per heavy atom. The third kappa shape index (κ3) is 5.68. The minimum Gasteiger partial charge on any atom is -0.494 e. The van der Waals surface area contributed by atoms with E-state index in [2.05, 4.69) is 0 Å². The van der Waals surface area contributed by atoms with Crippen LogP contribution >= 0.6 is 11.6 Å². The van der Waals surface area contributed by atoms with Gasteiger partial charge in [-0.2, -0.15) is 18.4 Å². The number of benzene rings is 3. The third-order valence-corrected chi connectivity index (χ3v) is 6.72. The first-order chi connectivity index (χ1) is 18.0. The second-order valence-corrected chi connectivity index (χ2v) is 9.15. The van der Waals surface area contributed by atoms with Gasteiger partial charge in [0.1, 0.15) is 11.9 Å². The van der Waals surface area contributed by atoms with Gasteiger partial charge in [0.25, 0.3) is 5.91 Å². The van der Waals surface area contributed by atoms with Gasteiger partial charge in [0.05, 0.1) is 23.3 Å². The summed E-state index contributed by atoms with van der Waals surface area (Å²) in [5.41, 5.74) is -0.426. The zero-order chi connectivity index (χ0) is 27.6. The third-order valence-electron chi connectivity index (χ3n) is 6.41. The number of ether oxygens (including phenoxy) is 1. The van der Waals surface area contributed by atoms with Crippen molar-refractivity contribution in [1.82, 2.24) is 4.90 Å². The normalized spacial score (nSPS) is 15.3. The van der Waals surface area contributed by atoms with Gasteiger partial charge in [-0.05, 0) is 60.5 Å². The highest BCUT2D eigenvalue weighted by atomic mass is 35.5. The van der Waals surface area contributed by atoms with Gasteiger partial charge in [0.15, 0.2) is 11.6 Å². The molecular formula is C27H21ClF5N3O2. The Morgan fingerprint density at radius 3 is 2.58 bits per heavy atom. The van der Waals surface area contributed by atoms with E-state index in [1.54, 1.807) is 11.0 Å². The molecule has 4 rings (SSSR count). The van der Waals surface area contributed by atoms with E-state index in [1.165, 1.54) is 36.3 Å². The molecule has 5 nitrogen and oxygen atoms in total. The molecule has 0 bridgehead atoms. The Bertz CT molecular complexity index is 1410. The van der Waals surface area contributed by atoms with Gasteiger partial charge in [-0.3, -0.25) is 4.79 Å². The molecule has 1 amide bonds. The summed E-state index contributed by atoms with van der Waals surface area (Å²) in [6.45, 7) is 0.187. The predicted octanol–water partition coefficient (Wildman–Crippen LogP) is 6.44. The van der Waals surface area contributed by atoms with Crippen LogP contribution in [0.4, 0.5) is 27.6 Å². The topological polar surface area (TPSA) is 56.6 Å². The lowest BCUT2D eigenvalue weighted by Crippen LogP contribution is -2.39. The number of methoxy groups -OCH3 is 1. The van der Waals surface area contributed by atoms with Gasteiger partial charge in [-0.25, -0.2) is 8.78 Å². The van der Waals surface area contributed by atoms with Crippen LogP contribution in [0.15, 0.2) is 54.6 Å². The number of anilines is 1. The summed E-state index contributed by atoms with van der Waals surface area (Å²) in [6, 6.07) is 12.2. The van der Waals surface area contributed by atoms with Gasteiger partial charge in [-0.1, -0.05) is 17.7 Å². The minimum atomic E-state index is -4.79. The maximum absolute atomic E-state index is 13.8. The number of halogens is 6. The molecule has 0 unspecified atom stereocenters. The quantitative estimate of drug-likeness (QED) is 0.332. The van der Waals surface area contributed by atoms with Crippen LogP contribution in [0.1, 0.15) is 33.5 Å². The average molecular weight is 550 g/mol. The average Bonchev–Trinajstić information content (AvgIpc) is 3.37. The fourth-order valence-electron chi connectivity index (χ4n) is 4.49. The highest BCUT2D eigenvalue weighted by molar-refractivity contribution is 6.32. The number of alkyl halides is 3. The number of nitrogens with zero attached hydrogens (tertiary/aromatic N) is 3. The van der Waals surface area contributed by atoms with Gasteiger partial charge < -0.3 is 14.5 Å². The summed E-state index contributed by atoms with van der Waals surface area (Å²) in [7, 11) is 1.28. The van der Waals surface area contributed by atoms with Crippen molar-refractivity contribution in [2.75, 3.05) is 25.1 Å². The molecule has 0 saturated carbocycles. The maximum Gasteiger partial charge on any atom is 0.416 e. The lowest BCUT2D eigenvalue weighted by Gasteiger charge is -2.32. The van der Waals surface area contributed by atoms with Crippen molar-refractivity contribution in [3.63, 3.8) is 0 Å². The summed E-state index contributed by atoms with van der Waals surface area (Å²) in [5, 5.41) is 9.34. The van der Waals surface area contributed by atoms with Crippen molar-refractivity contribution in [2.45, 2.75) is 25.2 Å². The van der Waals surface area contributed by atoms with E-state index < -0.39 is 29.4 Å². The van der Waals surface area contributed by atoms with Gasteiger partial charge in [0.2, 0.25) is 0 Å². The molecule has 1 heterocycles. The monoisotopic (exact) mass is 549 g/mol. The Labute approximate surface area is 220 Å². The summed E-state index contributed by atoms with van der Waals surface area (Å²) < 4.78 is 73.7. The smallest absolute Gasteiger partial charge is 0.416 e. The number of amides is 1. The zero-order valence-corrected chi connectivity index (χ0v) is 20.8. The van der Waals surface area contributed by atoms with Gasteiger partial charge >= 0.3 is 6.18 Å². The van der Waals surface area contributed by atoms with Crippen LogP contribution in [0.2, 0.25) is 5.02 Å². The Kier molecular flexibility index (Phi) is 7.78. The van der Waals surface area contributed by atoms with Crippen molar-refractivity contribution in [3.8, 4) is 11.8 Å². The van der Waals surface area contributed by atoms with Crippen molar-refractivity contribution in [3.05, 3.63) is 93.5 Å². The predicted molar refractivity (Wildman–Crippen MR) is 131 cm³/mol. The summed E-state index contributed by atoms with van der Waals surface area (Å²) in [6.07, 6.45) is -4.38. The van der Waals surface area contributed by atoms with E-state index in [0.29, 0.717) is 24.7 Å². The van der Waals surface area contributed by atoms with E-state index in [1.807, 2.05) is 6.07 Å². The van der Waals surface area contributed by atoms with Crippen molar-refractivity contribution in [2.24, 2.45) is 0 Å². The zero-order valence-electron chi connectivity index (χ0n) is 20.0. The molecule has 0 radical (unpaired) electrons. The maximum atomic E-state index is 13.8. The summed E-state index contributed by atoms with van der Waals surface area (Å²) in [5.74, 6) is -2.11. The molecule has 0 spiro atoms. The van der Waals surface area contributed by atoms with Crippen molar-refractivity contribution in [1.29, 1.82) is 5.26 Å². The van der Waals surface area contributed by atoms with E-state index in [0.717, 1.165) is 18.2 Å². The van der Waals surface area contributed by atoms with Crippen LogP contribution in [0, 0.1) is 23.0 Å². The number of hydrogen-bond acceptors (Lipinski definition) is 4. The highest BCUT2D eigenvalue weighted by Gasteiger charge is 2.36. The molecule has 1 aliphatic rings. The van der Waals surface area contributed by atoms with Crippen molar-refractivity contribution < 1.29 is 31.5 Å². The first-order valence-corrected chi connectivity index (χ1v) is 11.8. The number of carbonyl (C=O) groups is 1. The molecule has 0 N–H and O–H groups in total. The molecule has 3 aromatic rings. The van der Waals surface area contributed by atoms with Crippen LogP contribution in [0.3, 0.4) is 0 Å². The molecule has 1 aliphatic heterocycles. The molecule has 1 fully saturated rings. The highest BCUT2D eigenvalue weighted by Crippen LogP contribution is 2.36. The van der Waals surface area contributed by atoms with Gasteiger partial charge in [-0.15, -0.1) is 0 Å². The Balaban J connectivity index is 1.67. The number of likely N-dealkylation sites (tertiary alicyclic amines) is 1. The van der Waals surface area contributed by atoms with Crippen LogP contribution in [0.25, 0.3) is 0 Å². The van der Waals surface area contributed by atoms with Crippen LogP contribution in [-0.4, -0.2) is 37.0 Å². The molecule has 11 heteroatoms. The standard InChI is InChI=1S/C27H21ClF5N3O2/c1-38-25-10-16(4-7-24(25)30)26(37)35-9-8-21(15-35)36(20-6-3-17(13-34)23(28)12-20)14-18-2-5-19(29)11-22(18)27(31,32)33/h2-7,10-12,21H,8-9,14-15H2,1H3/t21-/m0/s1. The van der Waals surface area contributed by atoms with E-state index in [-0.39, 0.29) is 46.5 Å². The molecule has 3 aromatic carbocycles. The summed E-state index contributed by atoms with van der Waals surface area (Å²) in [4.78, 5) is 16.3. The van der Waals surface area contributed by atoms with Crippen LogP contribution in [-0.2, 0) is 12.7 Å². The van der Waals surface area contributed by atoms with Crippen molar-refractivity contribution >= 4 is 23.2 Å².